The monoisotopic (exact) mass is 407 g/mol. The van der Waals surface area contributed by atoms with Gasteiger partial charge in [0.15, 0.2) is 0 Å². The second-order valence-electron chi connectivity index (χ2n) is 7.00. The summed E-state index contributed by atoms with van der Waals surface area (Å²) in [5.74, 6) is 0.990. The number of imidazole rings is 1. The van der Waals surface area contributed by atoms with Crippen molar-refractivity contribution in [3.8, 4) is 11.4 Å². The third-order valence-corrected chi connectivity index (χ3v) is 4.72. The van der Waals surface area contributed by atoms with Crippen LogP contribution in [0.3, 0.4) is 0 Å². The summed E-state index contributed by atoms with van der Waals surface area (Å²) in [7, 11) is 0. The molecule has 0 bridgehead atoms. The summed E-state index contributed by atoms with van der Waals surface area (Å²) in [4.78, 5) is 21.3. The lowest BCUT2D eigenvalue weighted by Gasteiger charge is -2.08. The molecule has 0 fully saturated rings. The normalized spacial score (nSPS) is 11.1. The number of anilines is 1. The van der Waals surface area contributed by atoms with Gasteiger partial charge in [0.05, 0.1) is 11.0 Å². The summed E-state index contributed by atoms with van der Waals surface area (Å²) < 4.78 is 20.3. The molecule has 7 nitrogen and oxygen atoms in total. The zero-order chi connectivity index (χ0) is 20.9. The Bertz CT molecular complexity index is 1150. The number of aryl methyl sites for hydroxylation is 2. The van der Waals surface area contributed by atoms with Crippen molar-refractivity contribution in [3.63, 3.8) is 0 Å². The number of halogens is 1. The first kappa shape index (κ1) is 19.8. The van der Waals surface area contributed by atoms with Crippen LogP contribution in [-0.4, -0.2) is 25.6 Å². The van der Waals surface area contributed by atoms with Gasteiger partial charge in [-0.25, -0.2) is 9.37 Å². The number of amides is 1. The van der Waals surface area contributed by atoms with Gasteiger partial charge in [0.2, 0.25) is 23.6 Å². The first-order chi connectivity index (χ1) is 14.6. The average molecular weight is 407 g/mol. The van der Waals surface area contributed by atoms with Gasteiger partial charge in [0.1, 0.15) is 5.82 Å². The van der Waals surface area contributed by atoms with Crippen LogP contribution in [0.15, 0.2) is 53.1 Å². The molecule has 0 radical (unpaired) electrons. The number of hydrogen-bond acceptors (Lipinski definition) is 5. The summed E-state index contributed by atoms with van der Waals surface area (Å²) >= 11 is 0. The maximum absolute atomic E-state index is 13.0. The van der Waals surface area contributed by atoms with E-state index in [4.69, 9.17) is 4.52 Å². The molecule has 0 atom stereocenters. The predicted molar refractivity (Wildman–Crippen MR) is 111 cm³/mol. The van der Waals surface area contributed by atoms with Crippen molar-refractivity contribution in [2.24, 2.45) is 0 Å². The topological polar surface area (TPSA) is 85.8 Å². The van der Waals surface area contributed by atoms with Crippen LogP contribution < -0.4 is 5.32 Å². The fraction of sp³-hybridized carbons (Fsp3) is 0.273. The third kappa shape index (κ3) is 4.37. The maximum Gasteiger partial charge on any atom is 0.226 e. The van der Waals surface area contributed by atoms with Crippen molar-refractivity contribution < 1.29 is 13.7 Å². The highest BCUT2D eigenvalue weighted by molar-refractivity contribution is 5.91. The maximum atomic E-state index is 13.0. The first-order valence-electron chi connectivity index (χ1n) is 9.97. The van der Waals surface area contributed by atoms with E-state index in [9.17, 15) is 9.18 Å². The van der Waals surface area contributed by atoms with Gasteiger partial charge in [-0.2, -0.15) is 4.98 Å². The molecule has 1 amide bonds. The molecule has 2 aromatic heterocycles. The number of nitrogens with one attached hydrogen (secondary N) is 1. The minimum Gasteiger partial charge on any atom is -0.339 e. The van der Waals surface area contributed by atoms with Crippen LogP contribution in [0.25, 0.3) is 22.4 Å². The molecule has 154 valence electrons. The third-order valence-electron chi connectivity index (χ3n) is 4.72. The number of carbonyl (C=O) groups excluding carboxylic acids is 1. The largest absolute Gasteiger partial charge is 0.339 e. The highest BCUT2D eigenvalue weighted by atomic mass is 19.1. The molecule has 0 aliphatic heterocycles. The van der Waals surface area contributed by atoms with Crippen LogP contribution >= 0.6 is 0 Å². The van der Waals surface area contributed by atoms with Gasteiger partial charge >= 0.3 is 0 Å². The van der Waals surface area contributed by atoms with E-state index in [1.54, 1.807) is 12.1 Å². The predicted octanol–water partition coefficient (Wildman–Crippen LogP) is 4.60. The van der Waals surface area contributed by atoms with Gasteiger partial charge in [-0.05, 0) is 49.2 Å². The number of benzene rings is 2. The molecule has 2 heterocycles. The SMILES string of the molecule is CCCn1c(NC(=O)CCCc2nc(-c3ccc(F)cc3)no2)nc2ccccc21. The lowest BCUT2D eigenvalue weighted by Crippen LogP contribution is -2.16. The Labute approximate surface area is 172 Å². The molecule has 0 saturated heterocycles. The summed E-state index contributed by atoms with van der Waals surface area (Å²) in [6, 6.07) is 13.7. The summed E-state index contributed by atoms with van der Waals surface area (Å²) in [6.45, 7) is 2.87. The molecule has 8 heteroatoms. The van der Waals surface area contributed by atoms with Crippen molar-refractivity contribution in [1.29, 1.82) is 0 Å². The number of carbonyl (C=O) groups is 1. The molecule has 30 heavy (non-hydrogen) atoms. The summed E-state index contributed by atoms with van der Waals surface area (Å²) in [5.41, 5.74) is 2.55. The number of hydrogen-bond donors (Lipinski definition) is 1. The Balaban J connectivity index is 1.34. The molecule has 1 N–H and O–H groups in total. The number of rotatable bonds is 8. The van der Waals surface area contributed by atoms with E-state index < -0.39 is 0 Å². The fourth-order valence-electron chi connectivity index (χ4n) is 3.28. The molecule has 2 aromatic carbocycles. The lowest BCUT2D eigenvalue weighted by molar-refractivity contribution is -0.116. The molecular formula is C22H22FN5O2. The molecule has 0 saturated carbocycles. The van der Waals surface area contributed by atoms with Gasteiger partial charge < -0.3 is 9.09 Å². The van der Waals surface area contributed by atoms with E-state index >= 15 is 0 Å². The Kier molecular flexibility index (Phi) is 5.83. The Morgan fingerprint density at radius 2 is 1.93 bits per heavy atom. The Morgan fingerprint density at radius 1 is 1.13 bits per heavy atom. The van der Waals surface area contributed by atoms with E-state index in [2.05, 4.69) is 27.4 Å². The van der Waals surface area contributed by atoms with Gasteiger partial charge in [-0.1, -0.05) is 24.2 Å². The van der Waals surface area contributed by atoms with Crippen molar-refractivity contribution in [3.05, 3.63) is 60.2 Å². The van der Waals surface area contributed by atoms with Gasteiger partial charge in [0.25, 0.3) is 0 Å². The quantitative estimate of drug-likeness (QED) is 0.461. The number of fused-ring (bicyclic) bond motifs is 1. The Morgan fingerprint density at radius 3 is 2.73 bits per heavy atom. The van der Waals surface area contributed by atoms with E-state index in [-0.39, 0.29) is 11.7 Å². The van der Waals surface area contributed by atoms with Gasteiger partial charge in [0, 0.05) is 24.9 Å². The second kappa shape index (κ2) is 8.86. The number of nitrogens with zero attached hydrogens (tertiary/aromatic N) is 4. The van der Waals surface area contributed by atoms with Gasteiger partial charge in [-0.3, -0.25) is 10.1 Å². The molecular weight excluding hydrogens is 385 g/mol. The molecule has 4 aromatic rings. The molecule has 0 spiro atoms. The zero-order valence-corrected chi connectivity index (χ0v) is 16.6. The van der Waals surface area contributed by atoms with Crippen LogP contribution in [0, 0.1) is 5.82 Å². The lowest BCUT2D eigenvalue weighted by atomic mass is 10.2. The zero-order valence-electron chi connectivity index (χ0n) is 16.6. The Hall–Kier alpha value is -3.55. The van der Waals surface area contributed by atoms with E-state index in [0.717, 1.165) is 24.0 Å². The standard InChI is InChI=1S/C22H22FN5O2/c1-2-14-28-18-7-4-3-6-17(18)24-22(28)25-19(29)8-5-9-20-26-21(27-30-20)15-10-12-16(23)13-11-15/h3-4,6-7,10-13H,2,5,8-9,14H2,1H3,(H,24,25,29). The van der Waals surface area contributed by atoms with Crippen molar-refractivity contribution in [1.82, 2.24) is 19.7 Å². The first-order valence-corrected chi connectivity index (χ1v) is 9.97. The highest BCUT2D eigenvalue weighted by Crippen LogP contribution is 2.21. The van der Waals surface area contributed by atoms with Crippen LogP contribution in [0.1, 0.15) is 32.1 Å². The van der Waals surface area contributed by atoms with Crippen molar-refractivity contribution >= 4 is 22.9 Å². The van der Waals surface area contributed by atoms with Crippen LogP contribution in [0.2, 0.25) is 0 Å². The molecule has 0 aliphatic rings. The van der Waals surface area contributed by atoms with Crippen LogP contribution in [-0.2, 0) is 17.8 Å². The van der Waals surface area contributed by atoms with Crippen LogP contribution in [0.5, 0.6) is 0 Å². The summed E-state index contributed by atoms with van der Waals surface area (Å²) in [5, 5.41) is 6.83. The smallest absolute Gasteiger partial charge is 0.226 e. The van der Waals surface area contributed by atoms with E-state index in [1.807, 2.05) is 28.8 Å². The van der Waals surface area contributed by atoms with Crippen molar-refractivity contribution in [2.45, 2.75) is 39.2 Å². The van der Waals surface area contributed by atoms with E-state index in [1.165, 1.54) is 12.1 Å². The minimum atomic E-state index is -0.319. The molecule has 0 aliphatic carbocycles. The fourth-order valence-corrected chi connectivity index (χ4v) is 3.28. The minimum absolute atomic E-state index is 0.110. The number of aromatic nitrogens is 4. The summed E-state index contributed by atoms with van der Waals surface area (Å²) in [6.07, 6.45) is 2.29. The number of para-hydroxylation sites is 2. The van der Waals surface area contributed by atoms with Crippen LogP contribution in [0.4, 0.5) is 10.3 Å². The molecule has 0 unspecified atom stereocenters. The molecule has 4 rings (SSSR count). The van der Waals surface area contributed by atoms with E-state index in [0.29, 0.717) is 42.5 Å². The average Bonchev–Trinajstić information content (AvgIpc) is 3.34. The van der Waals surface area contributed by atoms with Crippen molar-refractivity contribution in [2.75, 3.05) is 5.32 Å². The second-order valence-corrected chi connectivity index (χ2v) is 7.00. The van der Waals surface area contributed by atoms with Gasteiger partial charge in [-0.15, -0.1) is 0 Å². The highest BCUT2D eigenvalue weighted by Gasteiger charge is 2.14.